The molecule has 1 spiro atoms. The summed E-state index contributed by atoms with van der Waals surface area (Å²) in [4.78, 5) is 12.9. The molecule has 1 saturated heterocycles. The third kappa shape index (κ3) is 7.02. The molecule has 1 unspecified atom stereocenters. The summed E-state index contributed by atoms with van der Waals surface area (Å²) in [6.45, 7) is 6.18. The van der Waals surface area contributed by atoms with Gasteiger partial charge in [0.1, 0.15) is 12.4 Å². The van der Waals surface area contributed by atoms with Crippen LogP contribution in [-0.2, 0) is 17.6 Å². The molecular formula is C31H38Cl2N4O3S2. The highest BCUT2D eigenvalue weighted by molar-refractivity contribution is 7.99. The third-order valence-electron chi connectivity index (χ3n) is 8.81. The molecule has 1 aliphatic heterocycles. The maximum absolute atomic E-state index is 12.2. The molecule has 1 aliphatic carbocycles. The van der Waals surface area contributed by atoms with Crippen LogP contribution in [0.1, 0.15) is 57.9 Å². The van der Waals surface area contributed by atoms with Gasteiger partial charge < -0.3 is 14.4 Å². The number of hydrogen-bond donors (Lipinski definition) is 1. The number of ether oxygens (including phenoxy) is 2. The van der Waals surface area contributed by atoms with Crippen molar-refractivity contribution < 1.29 is 13.7 Å². The van der Waals surface area contributed by atoms with Crippen molar-refractivity contribution in [2.45, 2.75) is 73.6 Å². The first-order valence-corrected chi connectivity index (χ1v) is 17.0. The van der Waals surface area contributed by atoms with E-state index < -0.39 is 11.0 Å². The van der Waals surface area contributed by atoms with Crippen LogP contribution in [0.3, 0.4) is 0 Å². The molecule has 0 bridgehead atoms. The summed E-state index contributed by atoms with van der Waals surface area (Å²) in [5.41, 5.74) is 1.26. The summed E-state index contributed by atoms with van der Waals surface area (Å²) in [6.07, 6.45) is 8.49. The molecule has 2 fully saturated rings. The predicted molar refractivity (Wildman–Crippen MR) is 172 cm³/mol. The van der Waals surface area contributed by atoms with Crippen molar-refractivity contribution in [3.63, 3.8) is 0 Å². The highest BCUT2D eigenvalue weighted by Crippen LogP contribution is 2.54. The van der Waals surface area contributed by atoms with Gasteiger partial charge in [-0.3, -0.25) is 5.14 Å². The Hall–Kier alpha value is -2.04. The maximum atomic E-state index is 12.2. The topological polar surface area (TPSA) is 90.6 Å². The van der Waals surface area contributed by atoms with Crippen molar-refractivity contribution in [2.24, 2.45) is 16.5 Å². The number of aromatic nitrogens is 2. The van der Waals surface area contributed by atoms with E-state index in [4.69, 9.17) is 47.8 Å². The van der Waals surface area contributed by atoms with E-state index in [2.05, 4.69) is 4.90 Å². The first-order valence-electron chi connectivity index (χ1n) is 14.3. The minimum atomic E-state index is -1.34. The van der Waals surface area contributed by atoms with Crippen molar-refractivity contribution in [3.8, 4) is 11.6 Å². The fraction of sp³-hybridized carbons (Fsp3) is 0.484. The van der Waals surface area contributed by atoms with Crippen LogP contribution in [0.25, 0.3) is 0 Å². The predicted octanol–water partition coefficient (Wildman–Crippen LogP) is 7.70. The molecule has 3 aromatic rings. The Bertz CT molecular complexity index is 1420. The van der Waals surface area contributed by atoms with Crippen molar-refractivity contribution in [2.75, 3.05) is 25.1 Å². The first-order chi connectivity index (χ1) is 20.1. The number of anilines is 1. The molecule has 1 saturated carbocycles. The second-order valence-corrected chi connectivity index (χ2v) is 15.3. The van der Waals surface area contributed by atoms with E-state index in [1.807, 2.05) is 56.4 Å². The minimum Gasteiger partial charge on any atom is -0.497 e. The molecule has 0 radical (unpaired) electrons. The number of nitrogens with two attached hydrogens (primary N) is 1. The van der Waals surface area contributed by atoms with Gasteiger partial charge in [0, 0.05) is 18.0 Å². The lowest BCUT2D eigenvalue weighted by Crippen LogP contribution is -2.45. The molecule has 2 aliphatic rings. The number of halogens is 2. The number of benzene rings is 2. The number of methoxy groups -OCH3 is 1. The van der Waals surface area contributed by atoms with Crippen LogP contribution in [0.5, 0.6) is 11.6 Å². The molecule has 2 aromatic carbocycles. The average molecular weight is 650 g/mol. The standard InChI is InChI=1S/C31H38Cl2N4O3S2/c1-30(2,42(34)38)18-22-6-5-13-31(22)14-16-37(17-15-31)26-19-35-29(41-25-8-4-7-24(32)27(25)33)28(36-26)40-20-21-9-11-23(39-3)12-10-21/h4,7-12,19,22H,5-6,13-18,20,34H2,1-3H3/t22-,42?/m1/s1. The Morgan fingerprint density at radius 3 is 2.57 bits per heavy atom. The van der Waals surface area contributed by atoms with Crippen LogP contribution in [0.15, 0.2) is 58.6 Å². The summed E-state index contributed by atoms with van der Waals surface area (Å²) >= 11 is 14.2. The normalized spacial score (nSPS) is 19.2. The van der Waals surface area contributed by atoms with Gasteiger partial charge in [-0.1, -0.05) is 59.6 Å². The molecule has 7 nitrogen and oxygen atoms in total. The fourth-order valence-electron chi connectivity index (χ4n) is 6.25. The van der Waals surface area contributed by atoms with Gasteiger partial charge in [0.2, 0.25) is 5.88 Å². The lowest BCUT2D eigenvalue weighted by molar-refractivity contribution is 0.134. The van der Waals surface area contributed by atoms with E-state index in [-0.39, 0.29) is 10.2 Å². The summed E-state index contributed by atoms with van der Waals surface area (Å²) in [7, 11) is 0.311. The Morgan fingerprint density at radius 2 is 1.88 bits per heavy atom. The molecule has 0 amide bonds. The van der Waals surface area contributed by atoms with Crippen LogP contribution >= 0.6 is 35.0 Å². The van der Waals surface area contributed by atoms with E-state index in [1.165, 1.54) is 31.0 Å². The third-order valence-corrected chi connectivity index (χ3v) is 12.0. The van der Waals surface area contributed by atoms with Crippen molar-refractivity contribution >= 4 is 51.8 Å². The highest BCUT2D eigenvalue weighted by atomic mass is 35.5. The molecule has 5 rings (SSSR count). The molecule has 1 aromatic heterocycles. The quantitative estimate of drug-likeness (QED) is 0.241. The van der Waals surface area contributed by atoms with Gasteiger partial charge in [-0.2, -0.15) is 4.98 Å². The number of rotatable bonds is 10. The minimum absolute atomic E-state index is 0.271. The van der Waals surface area contributed by atoms with E-state index in [1.54, 1.807) is 13.2 Å². The van der Waals surface area contributed by atoms with Crippen LogP contribution in [-0.4, -0.2) is 39.1 Å². The Balaban J connectivity index is 1.34. The zero-order chi connectivity index (χ0) is 29.9. The molecule has 2 N–H and O–H groups in total. The Morgan fingerprint density at radius 1 is 1.14 bits per heavy atom. The molecule has 226 valence electrons. The van der Waals surface area contributed by atoms with Crippen LogP contribution in [0.4, 0.5) is 5.82 Å². The van der Waals surface area contributed by atoms with Crippen molar-refractivity contribution in [1.29, 1.82) is 0 Å². The van der Waals surface area contributed by atoms with Crippen LogP contribution < -0.4 is 19.5 Å². The average Bonchev–Trinajstić information content (AvgIpc) is 3.35. The smallest absolute Gasteiger partial charge is 0.249 e. The molecule has 2 atom stereocenters. The number of hydrogen-bond acceptors (Lipinski definition) is 7. The summed E-state index contributed by atoms with van der Waals surface area (Å²) in [5.74, 6) is 2.59. The van der Waals surface area contributed by atoms with Gasteiger partial charge in [0.05, 0.1) is 39.1 Å². The zero-order valence-corrected chi connectivity index (χ0v) is 27.4. The van der Waals surface area contributed by atoms with Gasteiger partial charge in [0.25, 0.3) is 0 Å². The van der Waals surface area contributed by atoms with Crippen molar-refractivity contribution in [3.05, 3.63) is 64.3 Å². The lowest BCUT2D eigenvalue weighted by Gasteiger charge is -2.45. The number of piperidine rings is 1. The SMILES string of the molecule is COc1ccc(COc2nc(N3CCC4(CCC[C@@H]4CC(C)(C)S(N)=O)CC3)cnc2Sc2cccc(Cl)c2Cl)cc1. The van der Waals surface area contributed by atoms with Gasteiger partial charge in [-0.05, 0) is 87.1 Å². The summed E-state index contributed by atoms with van der Waals surface area (Å²) in [6, 6.07) is 13.3. The largest absolute Gasteiger partial charge is 0.497 e. The second kappa shape index (κ2) is 13.3. The second-order valence-electron chi connectivity index (χ2n) is 11.8. The molecule has 2 heterocycles. The number of nitrogens with zero attached hydrogens (tertiary/aromatic N) is 3. The van der Waals surface area contributed by atoms with Crippen LogP contribution in [0.2, 0.25) is 10.0 Å². The van der Waals surface area contributed by atoms with Gasteiger partial charge in [-0.25, -0.2) is 9.19 Å². The van der Waals surface area contributed by atoms with E-state index >= 15 is 0 Å². The Labute approximate surface area is 265 Å². The van der Waals surface area contributed by atoms with E-state index in [0.29, 0.717) is 33.5 Å². The zero-order valence-electron chi connectivity index (χ0n) is 24.3. The maximum Gasteiger partial charge on any atom is 0.249 e. The van der Waals surface area contributed by atoms with Crippen LogP contribution in [0, 0.1) is 11.3 Å². The summed E-state index contributed by atoms with van der Waals surface area (Å²) in [5, 5.41) is 7.43. The lowest BCUT2D eigenvalue weighted by atomic mass is 9.68. The van der Waals surface area contributed by atoms with E-state index in [0.717, 1.165) is 54.4 Å². The molecular weight excluding hydrogens is 611 g/mol. The fourth-order valence-corrected chi connectivity index (χ4v) is 7.94. The highest BCUT2D eigenvalue weighted by Gasteiger charge is 2.47. The molecule has 11 heteroatoms. The monoisotopic (exact) mass is 648 g/mol. The first kappa shape index (κ1) is 31.4. The van der Waals surface area contributed by atoms with Crippen molar-refractivity contribution in [1.82, 2.24) is 9.97 Å². The molecule has 42 heavy (non-hydrogen) atoms. The summed E-state index contributed by atoms with van der Waals surface area (Å²) < 4.78 is 23.4. The van der Waals surface area contributed by atoms with Gasteiger partial charge in [-0.15, -0.1) is 0 Å². The van der Waals surface area contributed by atoms with E-state index in [9.17, 15) is 4.21 Å². The van der Waals surface area contributed by atoms with Gasteiger partial charge >= 0.3 is 0 Å². The Kier molecular flexibility index (Phi) is 9.94. The van der Waals surface area contributed by atoms with Gasteiger partial charge in [0.15, 0.2) is 10.8 Å².